The largest absolute Gasteiger partial charge is 0.333 e. The molecule has 0 spiro atoms. The molecule has 13 rings (SSSR count). The molecule has 2 aliphatic rings. The fourth-order valence-corrected chi connectivity index (χ4v) is 10.9. The van der Waals surface area contributed by atoms with Gasteiger partial charge >= 0.3 is 0 Å². The van der Waals surface area contributed by atoms with E-state index in [2.05, 4.69) is 238 Å². The molecule has 0 bridgehead atoms. The second-order valence-electron chi connectivity index (χ2n) is 17.7. The number of pyridine rings is 2. The number of anilines is 2. The minimum absolute atomic E-state index is 0.136. The molecule has 0 N–H and O–H groups in total. The zero-order valence-electron chi connectivity index (χ0n) is 37.2. The smallest absolute Gasteiger partial charge is 0.0630 e. The maximum Gasteiger partial charge on any atom is 0.0630 e. The molecule has 8 aromatic carbocycles. The average Bonchev–Trinajstić information content (AvgIpc) is 3.93. The van der Waals surface area contributed by atoms with Crippen molar-refractivity contribution in [3.05, 3.63) is 266 Å². The zero-order chi connectivity index (χ0) is 45.0. The molecule has 1 aliphatic carbocycles. The lowest BCUT2D eigenvalue weighted by atomic mass is 9.83. The summed E-state index contributed by atoms with van der Waals surface area (Å²) in [5.74, 6) is 0.136. The quantitative estimate of drug-likeness (QED) is 0.153. The molecular formula is C64H44N4. The first-order valence-electron chi connectivity index (χ1n) is 23.4. The third kappa shape index (κ3) is 6.68. The molecule has 68 heavy (non-hydrogen) atoms. The summed E-state index contributed by atoms with van der Waals surface area (Å²) in [4.78, 5) is 11.4. The number of aromatic nitrogens is 3. The highest BCUT2D eigenvalue weighted by Crippen LogP contribution is 2.51. The van der Waals surface area contributed by atoms with Crippen LogP contribution >= 0.6 is 0 Å². The number of fused-ring (bicyclic) bond motifs is 6. The van der Waals surface area contributed by atoms with Crippen LogP contribution in [0, 0.1) is 0 Å². The lowest BCUT2D eigenvalue weighted by Gasteiger charge is -2.30. The summed E-state index contributed by atoms with van der Waals surface area (Å²) in [6.07, 6.45) is 14.8. The summed E-state index contributed by atoms with van der Waals surface area (Å²) in [7, 11) is 0. The van der Waals surface area contributed by atoms with Gasteiger partial charge in [0.25, 0.3) is 0 Å². The summed E-state index contributed by atoms with van der Waals surface area (Å²) >= 11 is 0. The van der Waals surface area contributed by atoms with Crippen molar-refractivity contribution in [3.8, 4) is 61.3 Å². The molecule has 0 saturated heterocycles. The van der Waals surface area contributed by atoms with Crippen molar-refractivity contribution in [1.29, 1.82) is 0 Å². The van der Waals surface area contributed by atoms with Crippen LogP contribution in [-0.2, 0) is 0 Å². The number of rotatable bonds is 8. The van der Waals surface area contributed by atoms with Crippen LogP contribution in [0.3, 0.4) is 0 Å². The summed E-state index contributed by atoms with van der Waals surface area (Å²) in [6, 6.07) is 77.4. The maximum absolute atomic E-state index is 4.46. The Morgan fingerprint density at radius 2 is 0.853 bits per heavy atom. The molecule has 0 saturated carbocycles. The Bertz CT molecular complexity index is 3740. The third-order valence-electron chi connectivity index (χ3n) is 13.9. The number of nitrogens with zero attached hydrogens (tertiary/aromatic N) is 4. The van der Waals surface area contributed by atoms with Crippen molar-refractivity contribution in [2.75, 3.05) is 4.90 Å². The highest BCUT2D eigenvalue weighted by molar-refractivity contribution is 6.12. The zero-order valence-corrected chi connectivity index (χ0v) is 37.2. The fraction of sp³-hybridized carbons (Fsp3) is 0.0312. The van der Waals surface area contributed by atoms with E-state index in [9.17, 15) is 0 Å². The minimum Gasteiger partial charge on any atom is -0.333 e. The molecule has 2 atom stereocenters. The number of hydrogen-bond acceptors (Lipinski definition) is 3. The van der Waals surface area contributed by atoms with E-state index in [1.807, 2.05) is 36.9 Å². The molecule has 2 unspecified atom stereocenters. The van der Waals surface area contributed by atoms with Crippen LogP contribution in [0.5, 0.6) is 0 Å². The standard InChI is InChI=1S/C64H44N4/c1-3-17-49(18-4-1)67-61-31-27-43(37-57(61)59-39-45(29-33-63(59)67)53-23-9-11-25-55(53)47-15-13-35-65-41-47)51-21-7-8-22-52(51)44-28-32-62-58(38-44)60-40-46(30-34-64(60)68(62)50-19-5-2-6-20-50)54-24-10-12-26-56(54)48-16-14-36-66-42-48/h1-42,59,63H. The van der Waals surface area contributed by atoms with Crippen LogP contribution in [0.1, 0.15) is 17.0 Å². The Balaban J connectivity index is 0.952. The Morgan fingerprint density at radius 3 is 1.40 bits per heavy atom. The van der Waals surface area contributed by atoms with Gasteiger partial charge in [0.2, 0.25) is 0 Å². The SMILES string of the molecule is C1=CC2C(C=C1c1ccccc1-c1cccnc1)c1cc(-c3ccccc3-c3ccc4c(c3)c3cc(-c5ccccc5-c5cccnc5)ccc3n4-c3ccccc3)ccc1N2c1ccccc1. The lowest BCUT2D eigenvalue weighted by Crippen LogP contribution is -2.28. The van der Waals surface area contributed by atoms with Gasteiger partial charge < -0.3 is 9.47 Å². The Hall–Kier alpha value is -8.86. The Morgan fingerprint density at radius 1 is 0.382 bits per heavy atom. The van der Waals surface area contributed by atoms with Gasteiger partial charge in [-0.1, -0.05) is 158 Å². The molecular weight excluding hydrogens is 825 g/mol. The first-order chi connectivity index (χ1) is 33.7. The van der Waals surface area contributed by atoms with Gasteiger partial charge in [-0.2, -0.15) is 0 Å². The van der Waals surface area contributed by atoms with Crippen LogP contribution in [0.15, 0.2) is 255 Å². The van der Waals surface area contributed by atoms with E-state index >= 15 is 0 Å². The van der Waals surface area contributed by atoms with E-state index in [-0.39, 0.29) is 12.0 Å². The predicted octanol–water partition coefficient (Wildman–Crippen LogP) is 16.2. The van der Waals surface area contributed by atoms with Gasteiger partial charge in [-0.05, 0) is 134 Å². The van der Waals surface area contributed by atoms with E-state index in [0.717, 1.165) is 16.8 Å². The normalized spacial score (nSPS) is 15.1. The van der Waals surface area contributed by atoms with Gasteiger partial charge in [0.1, 0.15) is 0 Å². The molecule has 0 amide bonds. The van der Waals surface area contributed by atoms with Gasteiger partial charge in [0.15, 0.2) is 0 Å². The van der Waals surface area contributed by atoms with Crippen molar-refractivity contribution in [3.63, 3.8) is 0 Å². The van der Waals surface area contributed by atoms with E-state index < -0.39 is 0 Å². The number of para-hydroxylation sites is 2. The highest BCUT2D eigenvalue weighted by Gasteiger charge is 2.39. The van der Waals surface area contributed by atoms with Crippen LogP contribution in [0.2, 0.25) is 0 Å². The van der Waals surface area contributed by atoms with Gasteiger partial charge in [0, 0.05) is 69.7 Å². The van der Waals surface area contributed by atoms with E-state index in [4.69, 9.17) is 0 Å². The van der Waals surface area contributed by atoms with Gasteiger partial charge in [-0.3, -0.25) is 9.97 Å². The summed E-state index contributed by atoms with van der Waals surface area (Å²) in [5, 5.41) is 2.43. The van der Waals surface area contributed by atoms with E-state index in [1.165, 1.54) is 94.4 Å². The monoisotopic (exact) mass is 868 g/mol. The minimum atomic E-state index is 0.136. The number of hydrogen-bond donors (Lipinski definition) is 0. The average molecular weight is 869 g/mol. The number of allylic oxidation sites excluding steroid dienone is 2. The molecule has 1 aliphatic heterocycles. The second kappa shape index (κ2) is 16.5. The second-order valence-corrected chi connectivity index (χ2v) is 17.7. The van der Waals surface area contributed by atoms with E-state index in [1.54, 1.807) is 0 Å². The fourth-order valence-electron chi connectivity index (χ4n) is 10.9. The van der Waals surface area contributed by atoms with Gasteiger partial charge in [-0.15, -0.1) is 0 Å². The van der Waals surface area contributed by atoms with Crippen LogP contribution in [0.25, 0.3) is 88.7 Å². The van der Waals surface area contributed by atoms with Crippen molar-refractivity contribution in [1.82, 2.24) is 14.5 Å². The first kappa shape index (κ1) is 39.5. The number of benzene rings is 8. The molecule has 11 aromatic rings. The summed E-state index contributed by atoms with van der Waals surface area (Å²) in [5.41, 5.74) is 21.4. The molecule has 0 fully saturated rings. The third-order valence-corrected chi connectivity index (χ3v) is 13.9. The Kier molecular flexibility index (Phi) is 9.61. The first-order valence-corrected chi connectivity index (χ1v) is 23.4. The molecule has 4 heterocycles. The van der Waals surface area contributed by atoms with Gasteiger partial charge in [0.05, 0.1) is 17.1 Å². The molecule has 320 valence electrons. The molecule has 4 heteroatoms. The van der Waals surface area contributed by atoms with Crippen molar-refractivity contribution in [2.45, 2.75) is 12.0 Å². The van der Waals surface area contributed by atoms with Crippen molar-refractivity contribution in [2.24, 2.45) is 0 Å². The topological polar surface area (TPSA) is 34.0 Å². The highest BCUT2D eigenvalue weighted by atomic mass is 15.2. The lowest BCUT2D eigenvalue weighted by molar-refractivity contribution is 0.747. The molecule has 4 nitrogen and oxygen atoms in total. The van der Waals surface area contributed by atoms with Crippen molar-refractivity contribution >= 4 is 38.8 Å². The van der Waals surface area contributed by atoms with E-state index in [0.29, 0.717) is 0 Å². The predicted molar refractivity (Wildman–Crippen MR) is 282 cm³/mol. The molecule has 0 radical (unpaired) electrons. The van der Waals surface area contributed by atoms with Crippen LogP contribution in [-0.4, -0.2) is 20.6 Å². The van der Waals surface area contributed by atoms with Gasteiger partial charge in [-0.25, -0.2) is 0 Å². The maximum atomic E-state index is 4.46. The van der Waals surface area contributed by atoms with Crippen molar-refractivity contribution < 1.29 is 0 Å². The summed E-state index contributed by atoms with van der Waals surface area (Å²) in [6.45, 7) is 0. The molecule has 3 aromatic heterocycles. The van der Waals surface area contributed by atoms with Crippen LogP contribution in [0.4, 0.5) is 11.4 Å². The van der Waals surface area contributed by atoms with Crippen LogP contribution < -0.4 is 4.90 Å². The summed E-state index contributed by atoms with van der Waals surface area (Å²) < 4.78 is 2.40. The Labute approximate surface area is 396 Å².